The van der Waals surface area contributed by atoms with Gasteiger partial charge >= 0.3 is 0 Å². The van der Waals surface area contributed by atoms with E-state index in [1.54, 1.807) is 13.8 Å². The molecular formula is C16H14F2N2O. The van der Waals surface area contributed by atoms with E-state index in [1.807, 2.05) is 6.07 Å². The lowest BCUT2D eigenvalue weighted by atomic mass is 10.0. The van der Waals surface area contributed by atoms with Crippen LogP contribution in [0.1, 0.15) is 29.7 Å². The molecule has 108 valence electrons. The van der Waals surface area contributed by atoms with Crippen molar-refractivity contribution in [2.45, 2.75) is 19.9 Å². The molecule has 1 atom stereocenters. The van der Waals surface area contributed by atoms with Crippen LogP contribution in [0.3, 0.4) is 0 Å². The van der Waals surface area contributed by atoms with Gasteiger partial charge in [0.15, 0.2) is 0 Å². The first kappa shape index (κ1) is 14.8. The number of nitrogens with zero attached hydrogens (tertiary/aromatic N) is 1. The van der Waals surface area contributed by atoms with Crippen LogP contribution in [0.5, 0.6) is 5.75 Å². The number of nitrogens with one attached hydrogen (secondary N) is 1. The molecular weight excluding hydrogens is 274 g/mol. The van der Waals surface area contributed by atoms with Crippen LogP contribution >= 0.6 is 0 Å². The van der Waals surface area contributed by atoms with Gasteiger partial charge in [0, 0.05) is 22.9 Å². The van der Waals surface area contributed by atoms with Crippen molar-refractivity contribution in [2.24, 2.45) is 0 Å². The Bertz CT molecular complexity index is 723. The third kappa shape index (κ3) is 3.11. The standard InChI is InChI=1S/C16H14F2N2O/c1-9-14(17)5-11(8-19)6-16(9)20-10(2)13-4-3-12(21)7-15(13)18/h3-7,10,20-21H,1-2H3. The number of nitriles is 1. The Hall–Kier alpha value is -2.61. The van der Waals surface area contributed by atoms with Crippen molar-refractivity contribution < 1.29 is 13.9 Å². The van der Waals surface area contributed by atoms with E-state index in [2.05, 4.69) is 5.32 Å². The molecule has 0 aliphatic carbocycles. The van der Waals surface area contributed by atoms with Crippen molar-refractivity contribution in [1.82, 2.24) is 0 Å². The first-order valence-electron chi connectivity index (χ1n) is 6.37. The summed E-state index contributed by atoms with van der Waals surface area (Å²) in [5.74, 6) is -1.20. The molecule has 5 heteroatoms. The molecule has 1 unspecified atom stereocenters. The summed E-state index contributed by atoms with van der Waals surface area (Å²) in [6.45, 7) is 3.30. The molecule has 0 radical (unpaired) electrons. The summed E-state index contributed by atoms with van der Waals surface area (Å²) >= 11 is 0. The molecule has 2 rings (SSSR count). The van der Waals surface area contributed by atoms with Crippen LogP contribution in [-0.2, 0) is 0 Å². The molecule has 3 nitrogen and oxygen atoms in total. The third-order valence-corrected chi connectivity index (χ3v) is 3.30. The summed E-state index contributed by atoms with van der Waals surface area (Å²) in [7, 11) is 0. The van der Waals surface area contributed by atoms with Crippen molar-refractivity contribution in [1.29, 1.82) is 5.26 Å². The minimum absolute atomic E-state index is 0.155. The average molecular weight is 288 g/mol. The maximum Gasteiger partial charge on any atom is 0.132 e. The fraction of sp³-hybridized carbons (Fsp3) is 0.188. The van der Waals surface area contributed by atoms with Gasteiger partial charge in [-0.15, -0.1) is 0 Å². The quantitative estimate of drug-likeness (QED) is 0.896. The summed E-state index contributed by atoms with van der Waals surface area (Å²) in [4.78, 5) is 0. The number of aromatic hydroxyl groups is 1. The first-order chi connectivity index (χ1) is 9.92. The molecule has 0 spiro atoms. The number of hydrogen-bond donors (Lipinski definition) is 2. The Morgan fingerprint density at radius 3 is 2.52 bits per heavy atom. The highest BCUT2D eigenvalue weighted by Gasteiger charge is 2.14. The van der Waals surface area contributed by atoms with Crippen LogP contribution in [0.25, 0.3) is 0 Å². The normalized spacial score (nSPS) is 11.8. The summed E-state index contributed by atoms with van der Waals surface area (Å²) in [5, 5.41) is 21.1. The molecule has 0 amide bonds. The van der Waals surface area contributed by atoms with Crippen molar-refractivity contribution in [3.05, 3.63) is 58.7 Å². The van der Waals surface area contributed by atoms with Gasteiger partial charge < -0.3 is 10.4 Å². The van der Waals surface area contributed by atoms with Crippen LogP contribution < -0.4 is 5.32 Å². The molecule has 0 saturated heterocycles. The van der Waals surface area contributed by atoms with E-state index in [1.165, 1.54) is 18.2 Å². The highest BCUT2D eigenvalue weighted by atomic mass is 19.1. The number of phenolic OH excluding ortho intramolecular Hbond substituents is 1. The van der Waals surface area contributed by atoms with Gasteiger partial charge in [-0.05, 0) is 32.0 Å². The largest absolute Gasteiger partial charge is 0.508 e. The Morgan fingerprint density at radius 1 is 1.19 bits per heavy atom. The molecule has 2 aromatic carbocycles. The summed E-state index contributed by atoms with van der Waals surface area (Å²) < 4.78 is 27.5. The highest BCUT2D eigenvalue weighted by Crippen LogP contribution is 2.27. The fourth-order valence-electron chi connectivity index (χ4n) is 2.07. The van der Waals surface area contributed by atoms with Crippen molar-refractivity contribution in [3.8, 4) is 11.8 Å². The Morgan fingerprint density at radius 2 is 1.90 bits per heavy atom. The number of anilines is 1. The van der Waals surface area contributed by atoms with E-state index in [0.29, 0.717) is 16.8 Å². The lowest BCUT2D eigenvalue weighted by Crippen LogP contribution is -2.10. The Balaban J connectivity index is 2.33. The van der Waals surface area contributed by atoms with Gasteiger partial charge in [0.05, 0.1) is 17.7 Å². The minimum atomic E-state index is -0.551. The van der Waals surface area contributed by atoms with E-state index >= 15 is 0 Å². The molecule has 0 aliphatic rings. The van der Waals surface area contributed by atoms with E-state index in [0.717, 1.165) is 12.1 Å². The lowest BCUT2D eigenvalue weighted by Gasteiger charge is -2.18. The smallest absolute Gasteiger partial charge is 0.132 e. The van der Waals surface area contributed by atoms with Gasteiger partial charge in [0.1, 0.15) is 17.4 Å². The first-order valence-corrected chi connectivity index (χ1v) is 6.37. The third-order valence-electron chi connectivity index (χ3n) is 3.30. The topological polar surface area (TPSA) is 56.0 Å². The maximum absolute atomic E-state index is 13.8. The summed E-state index contributed by atoms with van der Waals surface area (Å²) in [5.41, 5.74) is 1.33. The second kappa shape index (κ2) is 5.80. The van der Waals surface area contributed by atoms with Gasteiger partial charge in [-0.3, -0.25) is 0 Å². The van der Waals surface area contributed by atoms with E-state index in [9.17, 15) is 13.9 Å². The Labute approximate surface area is 121 Å². The predicted octanol–water partition coefficient (Wildman–Crippen LogP) is 4.02. The zero-order chi connectivity index (χ0) is 15.6. The van der Waals surface area contributed by atoms with Crippen LogP contribution in [0.2, 0.25) is 0 Å². The second-order valence-electron chi connectivity index (χ2n) is 4.81. The number of hydrogen-bond acceptors (Lipinski definition) is 3. The SMILES string of the molecule is Cc1c(F)cc(C#N)cc1NC(C)c1ccc(O)cc1F. The van der Waals surface area contributed by atoms with Crippen molar-refractivity contribution in [2.75, 3.05) is 5.32 Å². The molecule has 2 N–H and O–H groups in total. The molecule has 0 heterocycles. The number of phenols is 1. The second-order valence-corrected chi connectivity index (χ2v) is 4.81. The molecule has 0 fully saturated rings. The van der Waals surface area contributed by atoms with Gasteiger partial charge in [0.25, 0.3) is 0 Å². The van der Waals surface area contributed by atoms with Gasteiger partial charge in [-0.1, -0.05) is 6.07 Å². The van der Waals surface area contributed by atoms with Gasteiger partial charge in [-0.2, -0.15) is 5.26 Å². The molecule has 0 saturated carbocycles. The van der Waals surface area contributed by atoms with Crippen LogP contribution in [0.15, 0.2) is 30.3 Å². The molecule has 2 aromatic rings. The zero-order valence-corrected chi connectivity index (χ0v) is 11.6. The van der Waals surface area contributed by atoms with Crippen LogP contribution in [0.4, 0.5) is 14.5 Å². The minimum Gasteiger partial charge on any atom is -0.508 e. The zero-order valence-electron chi connectivity index (χ0n) is 11.6. The number of halogens is 2. The summed E-state index contributed by atoms with van der Waals surface area (Å²) in [6.07, 6.45) is 0. The van der Waals surface area contributed by atoms with Gasteiger partial charge in [-0.25, -0.2) is 8.78 Å². The average Bonchev–Trinajstić information content (AvgIpc) is 2.43. The number of rotatable bonds is 3. The van der Waals surface area contributed by atoms with Crippen molar-refractivity contribution >= 4 is 5.69 Å². The van der Waals surface area contributed by atoms with E-state index in [-0.39, 0.29) is 11.3 Å². The molecule has 0 aliphatic heterocycles. The molecule has 21 heavy (non-hydrogen) atoms. The number of benzene rings is 2. The van der Waals surface area contributed by atoms with Crippen LogP contribution in [0, 0.1) is 29.9 Å². The molecule has 0 bridgehead atoms. The maximum atomic E-state index is 13.8. The Kier molecular flexibility index (Phi) is 4.08. The van der Waals surface area contributed by atoms with Crippen LogP contribution in [-0.4, -0.2) is 5.11 Å². The van der Waals surface area contributed by atoms with Gasteiger partial charge in [0.2, 0.25) is 0 Å². The van der Waals surface area contributed by atoms with Crippen molar-refractivity contribution in [3.63, 3.8) is 0 Å². The highest BCUT2D eigenvalue weighted by molar-refractivity contribution is 5.57. The van der Waals surface area contributed by atoms with E-state index in [4.69, 9.17) is 5.26 Å². The van der Waals surface area contributed by atoms with E-state index < -0.39 is 17.7 Å². The fourth-order valence-corrected chi connectivity index (χ4v) is 2.07. The molecule has 0 aromatic heterocycles. The monoisotopic (exact) mass is 288 g/mol. The summed E-state index contributed by atoms with van der Waals surface area (Å²) in [6, 6.07) is 7.98. The predicted molar refractivity (Wildman–Crippen MR) is 76.0 cm³/mol. The lowest BCUT2D eigenvalue weighted by molar-refractivity contribution is 0.467.